The Hall–Kier alpha value is -2.53. The van der Waals surface area contributed by atoms with Gasteiger partial charge in [-0.1, -0.05) is 60.3 Å². The van der Waals surface area contributed by atoms with Crippen LogP contribution in [0.1, 0.15) is 41.3 Å². The fourth-order valence-electron chi connectivity index (χ4n) is 3.79. The lowest BCUT2D eigenvalue weighted by atomic mass is 10.1. The van der Waals surface area contributed by atoms with Crippen molar-refractivity contribution in [1.29, 1.82) is 0 Å². The first kappa shape index (κ1) is 23.6. The Bertz CT molecular complexity index is 1330. The summed E-state index contributed by atoms with van der Waals surface area (Å²) in [5.74, 6) is 0.652. The number of carbonyl (C=O) groups excluding carboxylic acids is 1. The van der Waals surface area contributed by atoms with Crippen molar-refractivity contribution in [2.75, 3.05) is 0 Å². The van der Waals surface area contributed by atoms with Crippen molar-refractivity contribution in [1.82, 2.24) is 14.9 Å². The Morgan fingerprint density at radius 1 is 1.00 bits per heavy atom. The number of halogens is 3. The Morgan fingerprint density at radius 2 is 1.82 bits per heavy atom. The van der Waals surface area contributed by atoms with E-state index in [0.29, 0.717) is 27.2 Å². The molecule has 1 N–H and O–H groups in total. The topological polar surface area (TPSA) is 46.9 Å². The molecule has 7 heteroatoms. The molecule has 0 aliphatic carbocycles. The lowest BCUT2D eigenvalue weighted by Crippen LogP contribution is -2.23. The number of unbranched alkanes of at least 4 members (excludes halogenated alkanes) is 1. The number of nitrogens with zero attached hydrogens (tertiary/aromatic N) is 2. The zero-order valence-electron chi connectivity index (χ0n) is 18.5. The molecule has 0 radical (unpaired) electrons. The Kier molecular flexibility index (Phi) is 7.28. The minimum absolute atomic E-state index is 0.157. The highest BCUT2D eigenvalue weighted by atomic mass is 35.5. The number of hydrogen-bond donors (Lipinski definition) is 1. The second kappa shape index (κ2) is 10.2. The van der Waals surface area contributed by atoms with Gasteiger partial charge in [0.25, 0.3) is 5.91 Å². The molecule has 0 atom stereocenters. The standard InChI is InChI=1S/C26H24Cl3N3O/c1-3-4-12-32-24-11-9-18(26(33)30-15-19-6-5-7-20(27)16(19)2)14-23(24)31-25(32)17-8-10-21(28)22(29)13-17/h5-11,13-14H,3-4,12,15H2,1-2H3,(H,30,33). The van der Waals surface area contributed by atoms with Gasteiger partial charge in [-0.15, -0.1) is 0 Å². The first-order chi connectivity index (χ1) is 15.9. The molecule has 4 nitrogen and oxygen atoms in total. The van der Waals surface area contributed by atoms with E-state index >= 15 is 0 Å². The van der Waals surface area contributed by atoms with E-state index in [4.69, 9.17) is 39.8 Å². The molecule has 0 saturated heterocycles. The molecule has 1 amide bonds. The Balaban J connectivity index is 1.65. The fraction of sp³-hybridized carbons (Fsp3) is 0.231. The van der Waals surface area contributed by atoms with Gasteiger partial charge in [0.15, 0.2) is 0 Å². The monoisotopic (exact) mass is 499 g/mol. The molecule has 4 aromatic rings. The summed E-state index contributed by atoms with van der Waals surface area (Å²) >= 11 is 18.6. The van der Waals surface area contributed by atoms with Crippen molar-refractivity contribution in [3.8, 4) is 11.4 Å². The van der Waals surface area contributed by atoms with Gasteiger partial charge in [-0.25, -0.2) is 4.98 Å². The largest absolute Gasteiger partial charge is 0.348 e. The third-order valence-corrected chi connectivity index (χ3v) is 6.89. The number of benzene rings is 3. The van der Waals surface area contributed by atoms with Gasteiger partial charge in [-0.05, 0) is 66.9 Å². The van der Waals surface area contributed by atoms with E-state index in [1.165, 1.54) is 0 Å². The summed E-state index contributed by atoms with van der Waals surface area (Å²) in [7, 11) is 0. The highest BCUT2D eigenvalue weighted by Crippen LogP contribution is 2.31. The number of carbonyl (C=O) groups is 1. The molecule has 1 heterocycles. The average Bonchev–Trinajstić information content (AvgIpc) is 3.17. The summed E-state index contributed by atoms with van der Waals surface area (Å²) in [4.78, 5) is 17.7. The SMILES string of the molecule is CCCCn1c(-c2ccc(Cl)c(Cl)c2)nc2cc(C(=O)NCc3cccc(Cl)c3C)ccc21. The molecule has 33 heavy (non-hydrogen) atoms. The van der Waals surface area contributed by atoms with Crippen LogP contribution in [0.2, 0.25) is 15.1 Å². The van der Waals surface area contributed by atoms with Crippen LogP contribution in [-0.4, -0.2) is 15.5 Å². The zero-order chi connectivity index (χ0) is 23.5. The molecule has 0 aliphatic heterocycles. The number of imidazole rings is 1. The van der Waals surface area contributed by atoms with Crippen molar-refractivity contribution in [3.05, 3.63) is 86.4 Å². The van der Waals surface area contributed by atoms with Gasteiger partial charge in [0.05, 0.1) is 21.1 Å². The molecule has 3 aromatic carbocycles. The van der Waals surface area contributed by atoms with Gasteiger partial charge < -0.3 is 9.88 Å². The summed E-state index contributed by atoms with van der Waals surface area (Å²) < 4.78 is 2.18. The lowest BCUT2D eigenvalue weighted by molar-refractivity contribution is 0.0951. The van der Waals surface area contributed by atoms with Crippen molar-refractivity contribution < 1.29 is 4.79 Å². The van der Waals surface area contributed by atoms with Crippen LogP contribution in [0.3, 0.4) is 0 Å². The Morgan fingerprint density at radius 3 is 2.58 bits per heavy atom. The van der Waals surface area contributed by atoms with E-state index in [1.807, 2.05) is 55.5 Å². The van der Waals surface area contributed by atoms with E-state index in [-0.39, 0.29) is 5.91 Å². The maximum Gasteiger partial charge on any atom is 0.251 e. The van der Waals surface area contributed by atoms with Crippen LogP contribution in [0.5, 0.6) is 0 Å². The van der Waals surface area contributed by atoms with Crippen LogP contribution in [0, 0.1) is 6.92 Å². The number of fused-ring (bicyclic) bond motifs is 1. The second-order valence-corrected chi connectivity index (χ2v) is 9.20. The highest BCUT2D eigenvalue weighted by Gasteiger charge is 2.16. The molecular weight excluding hydrogens is 477 g/mol. The number of nitrogens with one attached hydrogen (secondary N) is 1. The van der Waals surface area contributed by atoms with Crippen LogP contribution in [0.25, 0.3) is 22.4 Å². The maximum absolute atomic E-state index is 12.9. The molecule has 0 spiro atoms. The fourth-order valence-corrected chi connectivity index (χ4v) is 4.28. The normalized spacial score (nSPS) is 11.2. The molecule has 4 rings (SSSR count). The summed E-state index contributed by atoms with van der Waals surface area (Å²) in [6.45, 7) is 5.33. The third-order valence-electron chi connectivity index (χ3n) is 5.74. The van der Waals surface area contributed by atoms with Gasteiger partial charge in [-0.3, -0.25) is 4.79 Å². The van der Waals surface area contributed by atoms with E-state index in [9.17, 15) is 4.79 Å². The first-order valence-electron chi connectivity index (χ1n) is 10.9. The van der Waals surface area contributed by atoms with Crippen LogP contribution in [-0.2, 0) is 13.1 Å². The smallest absolute Gasteiger partial charge is 0.251 e. The number of rotatable bonds is 7. The number of hydrogen-bond acceptors (Lipinski definition) is 2. The molecule has 0 aliphatic rings. The molecule has 1 aromatic heterocycles. The molecule has 0 fully saturated rings. The highest BCUT2D eigenvalue weighted by molar-refractivity contribution is 6.42. The van der Waals surface area contributed by atoms with Crippen LogP contribution < -0.4 is 5.32 Å². The molecule has 170 valence electrons. The van der Waals surface area contributed by atoms with Crippen LogP contribution >= 0.6 is 34.8 Å². The number of aryl methyl sites for hydroxylation is 1. The van der Waals surface area contributed by atoms with Crippen molar-refractivity contribution >= 4 is 51.7 Å². The number of amides is 1. The second-order valence-electron chi connectivity index (χ2n) is 7.98. The predicted molar refractivity (Wildman–Crippen MR) is 137 cm³/mol. The van der Waals surface area contributed by atoms with Gasteiger partial charge in [0.2, 0.25) is 0 Å². The summed E-state index contributed by atoms with van der Waals surface area (Å²) in [6, 6.07) is 16.8. The maximum atomic E-state index is 12.9. The van der Waals surface area contributed by atoms with Crippen molar-refractivity contribution in [2.24, 2.45) is 0 Å². The van der Waals surface area contributed by atoms with Crippen molar-refractivity contribution in [2.45, 2.75) is 39.8 Å². The molecular formula is C26H24Cl3N3O. The minimum atomic E-state index is -0.157. The van der Waals surface area contributed by atoms with Crippen LogP contribution in [0.15, 0.2) is 54.6 Å². The third kappa shape index (κ3) is 5.03. The molecule has 0 unspecified atom stereocenters. The minimum Gasteiger partial charge on any atom is -0.348 e. The van der Waals surface area contributed by atoms with Crippen molar-refractivity contribution in [3.63, 3.8) is 0 Å². The van der Waals surface area contributed by atoms with Gasteiger partial charge in [0, 0.05) is 29.2 Å². The van der Waals surface area contributed by atoms with Crippen LogP contribution in [0.4, 0.5) is 0 Å². The van der Waals surface area contributed by atoms with E-state index < -0.39 is 0 Å². The quantitative estimate of drug-likeness (QED) is 0.282. The van der Waals surface area contributed by atoms with Gasteiger partial charge in [-0.2, -0.15) is 0 Å². The Labute approximate surface area is 208 Å². The predicted octanol–water partition coefficient (Wildman–Crippen LogP) is 7.70. The molecule has 0 saturated carbocycles. The van der Waals surface area contributed by atoms with E-state index in [1.54, 1.807) is 6.07 Å². The lowest BCUT2D eigenvalue weighted by Gasteiger charge is -2.10. The van der Waals surface area contributed by atoms with E-state index in [0.717, 1.165) is 52.9 Å². The first-order valence-corrected chi connectivity index (χ1v) is 12.0. The van der Waals surface area contributed by atoms with Gasteiger partial charge in [0.1, 0.15) is 5.82 Å². The summed E-state index contributed by atoms with van der Waals surface area (Å²) in [5.41, 5.74) is 5.14. The average molecular weight is 501 g/mol. The summed E-state index contributed by atoms with van der Waals surface area (Å²) in [5, 5.41) is 4.67. The summed E-state index contributed by atoms with van der Waals surface area (Å²) in [6.07, 6.45) is 2.07. The molecule has 0 bridgehead atoms. The zero-order valence-corrected chi connectivity index (χ0v) is 20.7. The van der Waals surface area contributed by atoms with E-state index in [2.05, 4.69) is 16.8 Å². The van der Waals surface area contributed by atoms with Gasteiger partial charge >= 0.3 is 0 Å². The number of aromatic nitrogens is 2.